The molecule has 0 atom stereocenters. The fraction of sp³-hybridized carbons (Fsp3) is 0.423. The quantitative estimate of drug-likeness (QED) is 0.373. The molecule has 36 heavy (non-hydrogen) atoms. The van der Waals surface area contributed by atoms with Gasteiger partial charge in [-0.05, 0) is 61.1 Å². The first kappa shape index (κ1) is 25.0. The Bertz CT molecular complexity index is 1240. The van der Waals surface area contributed by atoms with Crippen molar-refractivity contribution >= 4 is 28.9 Å². The number of alkyl halides is 2. The van der Waals surface area contributed by atoms with Gasteiger partial charge in [0.2, 0.25) is 0 Å². The zero-order valence-electron chi connectivity index (χ0n) is 19.5. The SMILES string of the molecule is O=C(O)C1CCC(N2Cc3ccc(-c4nnc(-c5ccc(OC(CF)CF)c(Cl)c5)s4)cc3C2)CC1. The van der Waals surface area contributed by atoms with Crippen LogP contribution in [-0.4, -0.2) is 51.7 Å². The third-order valence-electron chi connectivity index (χ3n) is 7.00. The predicted molar refractivity (Wildman–Crippen MR) is 135 cm³/mol. The molecule has 0 radical (unpaired) electrons. The summed E-state index contributed by atoms with van der Waals surface area (Å²) in [6, 6.07) is 11.8. The lowest BCUT2D eigenvalue weighted by Crippen LogP contribution is -2.35. The summed E-state index contributed by atoms with van der Waals surface area (Å²) in [6.45, 7) is -0.123. The third-order valence-corrected chi connectivity index (χ3v) is 8.32. The Morgan fingerprint density at radius 3 is 2.31 bits per heavy atom. The summed E-state index contributed by atoms with van der Waals surface area (Å²) < 4.78 is 30.8. The average Bonchev–Trinajstić information content (AvgIpc) is 3.55. The molecule has 1 N–H and O–H groups in total. The second-order valence-electron chi connectivity index (χ2n) is 9.34. The minimum atomic E-state index is -1.17. The monoisotopic (exact) mass is 533 g/mol. The summed E-state index contributed by atoms with van der Waals surface area (Å²) in [5, 5.41) is 19.7. The average molecular weight is 534 g/mol. The van der Waals surface area contributed by atoms with Crippen LogP contribution in [0.1, 0.15) is 36.8 Å². The first-order valence-corrected chi connectivity index (χ1v) is 13.2. The standard InChI is InChI=1S/C26H26ClF2N3O3S/c27-22-10-17(5-8-23(22)35-21(11-28)12-29)25-31-30-24(36-25)16-1-2-18-13-32(14-19(18)9-16)20-6-3-15(4-7-20)26(33)34/h1-2,5,8-10,15,20-21H,3-4,6-7,11-14H2,(H,33,34). The van der Waals surface area contributed by atoms with Gasteiger partial charge in [-0.1, -0.05) is 35.1 Å². The molecule has 0 spiro atoms. The molecule has 1 saturated carbocycles. The number of aliphatic carboxylic acids is 1. The Balaban J connectivity index is 1.27. The van der Waals surface area contributed by atoms with E-state index >= 15 is 0 Å². The van der Waals surface area contributed by atoms with Crippen molar-refractivity contribution in [2.75, 3.05) is 13.3 Å². The molecule has 0 unspecified atom stereocenters. The van der Waals surface area contributed by atoms with E-state index in [0.717, 1.165) is 54.9 Å². The fourth-order valence-corrected chi connectivity index (χ4v) is 6.03. The van der Waals surface area contributed by atoms with Crippen molar-refractivity contribution in [2.45, 2.75) is 50.9 Å². The van der Waals surface area contributed by atoms with Gasteiger partial charge in [0.05, 0.1) is 10.9 Å². The van der Waals surface area contributed by atoms with Crippen LogP contribution in [0.15, 0.2) is 36.4 Å². The van der Waals surface area contributed by atoms with Crippen LogP contribution in [0.4, 0.5) is 8.78 Å². The molecule has 5 rings (SSSR count). The highest BCUT2D eigenvalue weighted by atomic mass is 35.5. The zero-order valence-corrected chi connectivity index (χ0v) is 21.1. The molecule has 0 bridgehead atoms. The summed E-state index contributed by atoms with van der Waals surface area (Å²) >= 11 is 7.72. The number of halogens is 3. The van der Waals surface area contributed by atoms with Crippen LogP contribution in [0.25, 0.3) is 21.1 Å². The number of ether oxygens (including phenoxy) is 1. The first-order chi connectivity index (χ1) is 17.4. The van der Waals surface area contributed by atoms with Gasteiger partial charge in [0, 0.05) is 30.3 Å². The molecule has 1 aliphatic carbocycles. The number of hydrogen-bond donors (Lipinski definition) is 1. The Labute approximate surface area is 216 Å². The summed E-state index contributed by atoms with van der Waals surface area (Å²) in [7, 11) is 0. The molecule has 190 valence electrons. The smallest absolute Gasteiger partial charge is 0.306 e. The fourth-order valence-electron chi connectivity index (χ4n) is 4.97. The normalized spacial score (nSPS) is 20.0. The molecule has 1 aliphatic heterocycles. The second-order valence-corrected chi connectivity index (χ2v) is 10.7. The molecule has 1 fully saturated rings. The van der Waals surface area contributed by atoms with Gasteiger partial charge in [-0.3, -0.25) is 9.69 Å². The number of carbonyl (C=O) groups is 1. The van der Waals surface area contributed by atoms with E-state index in [0.29, 0.717) is 11.0 Å². The number of aromatic nitrogens is 2. The molecule has 2 aliphatic rings. The third kappa shape index (κ3) is 5.23. The number of rotatable bonds is 8. The van der Waals surface area contributed by atoms with Crippen molar-refractivity contribution in [3.05, 3.63) is 52.5 Å². The predicted octanol–water partition coefficient (Wildman–Crippen LogP) is 6.17. The van der Waals surface area contributed by atoms with Gasteiger partial charge in [-0.25, -0.2) is 8.78 Å². The summed E-state index contributed by atoms with van der Waals surface area (Å²) in [6.07, 6.45) is 2.17. The van der Waals surface area contributed by atoms with Gasteiger partial charge in [0.25, 0.3) is 0 Å². The summed E-state index contributed by atoms with van der Waals surface area (Å²) in [5.41, 5.74) is 4.31. The van der Waals surface area contributed by atoms with Crippen LogP contribution >= 0.6 is 22.9 Å². The lowest BCUT2D eigenvalue weighted by Gasteiger charge is -2.33. The topological polar surface area (TPSA) is 75.5 Å². The van der Waals surface area contributed by atoms with Crippen molar-refractivity contribution in [3.63, 3.8) is 0 Å². The van der Waals surface area contributed by atoms with Crippen molar-refractivity contribution < 1.29 is 23.4 Å². The van der Waals surface area contributed by atoms with E-state index in [2.05, 4.69) is 33.3 Å². The molecule has 1 aromatic heterocycles. The number of benzene rings is 2. The van der Waals surface area contributed by atoms with Crippen molar-refractivity contribution in [1.82, 2.24) is 15.1 Å². The number of carboxylic acids is 1. The van der Waals surface area contributed by atoms with Crippen LogP contribution < -0.4 is 4.74 Å². The highest BCUT2D eigenvalue weighted by Crippen LogP contribution is 2.37. The van der Waals surface area contributed by atoms with Gasteiger partial charge < -0.3 is 9.84 Å². The van der Waals surface area contributed by atoms with Gasteiger partial charge in [0.15, 0.2) is 6.10 Å². The highest BCUT2D eigenvalue weighted by Gasteiger charge is 2.32. The van der Waals surface area contributed by atoms with Crippen molar-refractivity contribution in [1.29, 1.82) is 0 Å². The van der Waals surface area contributed by atoms with Crippen molar-refractivity contribution in [3.8, 4) is 26.9 Å². The van der Waals surface area contributed by atoms with Gasteiger partial charge in [-0.2, -0.15) is 0 Å². The Kier molecular flexibility index (Phi) is 7.50. The molecule has 2 aromatic carbocycles. The van der Waals surface area contributed by atoms with Crippen LogP contribution in [0, 0.1) is 5.92 Å². The van der Waals surface area contributed by atoms with E-state index in [1.807, 2.05) is 0 Å². The lowest BCUT2D eigenvalue weighted by molar-refractivity contribution is -0.143. The largest absolute Gasteiger partial charge is 0.483 e. The van der Waals surface area contributed by atoms with Crippen LogP contribution in [0.5, 0.6) is 5.75 Å². The van der Waals surface area contributed by atoms with Gasteiger partial charge in [-0.15, -0.1) is 10.2 Å². The molecule has 2 heterocycles. The Hall–Kier alpha value is -2.62. The van der Waals surface area contributed by atoms with E-state index in [1.54, 1.807) is 18.2 Å². The molecular formula is C26H26ClF2N3O3S. The molecular weight excluding hydrogens is 508 g/mol. The van der Waals surface area contributed by atoms with Gasteiger partial charge in [0.1, 0.15) is 29.1 Å². The maximum atomic E-state index is 12.8. The minimum Gasteiger partial charge on any atom is -0.483 e. The number of nitrogens with zero attached hydrogens (tertiary/aromatic N) is 3. The summed E-state index contributed by atoms with van der Waals surface area (Å²) in [5.74, 6) is -0.650. The van der Waals surface area contributed by atoms with E-state index in [9.17, 15) is 18.7 Å². The summed E-state index contributed by atoms with van der Waals surface area (Å²) in [4.78, 5) is 13.7. The maximum absolute atomic E-state index is 12.8. The Morgan fingerprint density at radius 2 is 1.67 bits per heavy atom. The molecule has 0 amide bonds. The van der Waals surface area contributed by atoms with Crippen LogP contribution in [-0.2, 0) is 17.9 Å². The van der Waals surface area contributed by atoms with E-state index in [4.69, 9.17) is 16.3 Å². The number of carboxylic acid groups (broad SMARTS) is 1. The maximum Gasteiger partial charge on any atom is 0.306 e. The molecule has 0 saturated heterocycles. The van der Waals surface area contributed by atoms with Gasteiger partial charge >= 0.3 is 5.97 Å². The van der Waals surface area contributed by atoms with Crippen LogP contribution in [0.3, 0.4) is 0 Å². The number of hydrogen-bond acceptors (Lipinski definition) is 6. The number of fused-ring (bicyclic) bond motifs is 1. The van der Waals surface area contributed by atoms with Crippen LogP contribution in [0.2, 0.25) is 5.02 Å². The lowest BCUT2D eigenvalue weighted by atomic mass is 9.85. The molecule has 10 heteroatoms. The van der Waals surface area contributed by atoms with E-state index in [-0.39, 0.29) is 16.7 Å². The van der Waals surface area contributed by atoms with E-state index in [1.165, 1.54) is 22.5 Å². The molecule has 6 nitrogen and oxygen atoms in total. The zero-order chi connectivity index (χ0) is 25.2. The van der Waals surface area contributed by atoms with E-state index < -0.39 is 25.4 Å². The first-order valence-electron chi connectivity index (χ1n) is 12.0. The highest BCUT2D eigenvalue weighted by molar-refractivity contribution is 7.17. The molecule has 3 aromatic rings. The minimum absolute atomic E-state index is 0.203. The Morgan fingerprint density at radius 1 is 1.03 bits per heavy atom. The van der Waals surface area contributed by atoms with Crippen molar-refractivity contribution in [2.24, 2.45) is 5.92 Å². The second kappa shape index (κ2) is 10.8.